The van der Waals surface area contributed by atoms with Crippen molar-refractivity contribution in [2.45, 2.75) is 32.1 Å². The van der Waals surface area contributed by atoms with Gasteiger partial charge in [0.2, 0.25) is 0 Å². The Morgan fingerprint density at radius 3 is 2.72 bits per heavy atom. The molecule has 0 saturated heterocycles. The van der Waals surface area contributed by atoms with Gasteiger partial charge in [-0.25, -0.2) is 8.78 Å². The van der Waals surface area contributed by atoms with E-state index in [0.717, 1.165) is 32.4 Å². The molecule has 0 aromatic heterocycles. The molecule has 0 radical (unpaired) electrons. The van der Waals surface area contributed by atoms with Crippen molar-refractivity contribution in [3.63, 3.8) is 0 Å². The van der Waals surface area contributed by atoms with Crippen LogP contribution in [0, 0.1) is 17.6 Å². The highest BCUT2D eigenvalue weighted by atomic mass is 79.9. The van der Waals surface area contributed by atoms with Gasteiger partial charge in [-0.15, -0.1) is 0 Å². The van der Waals surface area contributed by atoms with Crippen molar-refractivity contribution in [1.29, 1.82) is 0 Å². The Kier molecular flexibility index (Phi) is 4.73. The van der Waals surface area contributed by atoms with Gasteiger partial charge in [-0.3, -0.25) is 0 Å². The van der Waals surface area contributed by atoms with Crippen molar-refractivity contribution < 1.29 is 8.78 Å². The molecular formula is C14H18BrF2N. The van der Waals surface area contributed by atoms with E-state index in [1.165, 1.54) is 12.1 Å². The van der Waals surface area contributed by atoms with Gasteiger partial charge in [0.05, 0.1) is 4.47 Å². The average Bonchev–Trinajstić information content (AvgIpc) is 2.33. The molecule has 1 nitrogen and oxygen atoms in total. The van der Waals surface area contributed by atoms with E-state index in [1.54, 1.807) is 0 Å². The number of hydrogen-bond acceptors (Lipinski definition) is 1. The molecule has 1 aromatic rings. The van der Waals surface area contributed by atoms with Crippen LogP contribution in [0.5, 0.6) is 0 Å². The van der Waals surface area contributed by atoms with Gasteiger partial charge >= 0.3 is 0 Å². The highest BCUT2D eigenvalue weighted by molar-refractivity contribution is 9.10. The predicted octanol–water partition coefficient (Wildman–Crippen LogP) is 4.22. The van der Waals surface area contributed by atoms with E-state index in [2.05, 4.69) is 28.2 Å². The van der Waals surface area contributed by atoms with E-state index in [-0.39, 0.29) is 11.5 Å². The summed E-state index contributed by atoms with van der Waals surface area (Å²) in [7, 11) is 0. The summed E-state index contributed by atoms with van der Waals surface area (Å²) in [5, 5.41) is 3.33. The van der Waals surface area contributed by atoms with Crippen molar-refractivity contribution >= 4 is 15.9 Å². The summed E-state index contributed by atoms with van der Waals surface area (Å²) in [6.45, 7) is 3.93. The van der Waals surface area contributed by atoms with Gasteiger partial charge in [0.25, 0.3) is 0 Å². The summed E-state index contributed by atoms with van der Waals surface area (Å²) in [6.07, 6.45) is 3.01. The molecule has 0 aliphatic heterocycles. The number of benzene rings is 1. The molecule has 1 aromatic carbocycles. The zero-order valence-corrected chi connectivity index (χ0v) is 12.1. The van der Waals surface area contributed by atoms with Crippen LogP contribution in [0.1, 0.15) is 37.7 Å². The molecule has 2 rings (SSSR count). The molecule has 0 spiro atoms. The molecule has 100 valence electrons. The highest BCUT2D eigenvalue weighted by Gasteiger charge is 2.35. The number of rotatable bonds is 5. The van der Waals surface area contributed by atoms with E-state index in [1.807, 2.05) is 0 Å². The number of nitrogens with one attached hydrogen (secondary N) is 1. The molecule has 0 bridgehead atoms. The lowest BCUT2D eigenvalue weighted by Crippen LogP contribution is -2.35. The molecule has 1 N–H and O–H groups in total. The monoisotopic (exact) mass is 317 g/mol. The van der Waals surface area contributed by atoms with E-state index >= 15 is 0 Å². The lowest BCUT2D eigenvalue weighted by molar-refractivity contribution is 0.235. The minimum Gasteiger partial charge on any atom is -0.316 e. The largest absolute Gasteiger partial charge is 0.316 e. The Bertz CT molecular complexity index is 423. The Morgan fingerprint density at radius 2 is 2.11 bits per heavy atom. The third-order valence-corrected chi connectivity index (χ3v) is 4.31. The third kappa shape index (κ3) is 2.75. The number of hydrogen-bond donors (Lipinski definition) is 1. The topological polar surface area (TPSA) is 12.0 Å². The minimum atomic E-state index is -0.430. The zero-order chi connectivity index (χ0) is 13.1. The summed E-state index contributed by atoms with van der Waals surface area (Å²) < 4.78 is 28.1. The zero-order valence-electron chi connectivity index (χ0n) is 10.5. The smallest absolute Gasteiger partial charge is 0.143 e. The molecule has 18 heavy (non-hydrogen) atoms. The van der Waals surface area contributed by atoms with Crippen LogP contribution in [-0.2, 0) is 0 Å². The SMILES string of the molecule is CCCNCC1CCC1c1c(F)ccc(Br)c1F. The quantitative estimate of drug-likeness (QED) is 0.633. The van der Waals surface area contributed by atoms with Crippen LogP contribution in [0.2, 0.25) is 0 Å². The average molecular weight is 318 g/mol. The van der Waals surface area contributed by atoms with Crippen LogP contribution >= 0.6 is 15.9 Å². The standard InChI is InChI=1S/C14H18BrF2N/c1-2-7-18-8-9-3-4-10(9)13-12(16)6-5-11(15)14(13)17/h5-6,9-10,18H,2-4,7-8H2,1H3. The summed E-state index contributed by atoms with van der Waals surface area (Å²) in [6, 6.07) is 2.77. The fraction of sp³-hybridized carbons (Fsp3) is 0.571. The van der Waals surface area contributed by atoms with Crippen LogP contribution in [0.3, 0.4) is 0 Å². The molecule has 4 heteroatoms. The maximum atomic E-state index is 14.0. The summed E-state index contributed by atoms with van der Waals surface area (Å²) in [4.78, 5) is 0. The van der Waals surface area contributed by atoms with Gasteiger partial charge in [0, 0.05) is 5.56 Å². The Balaban J connectivity index is 2.10. The summed E-state index contributed by atoms with van der Waals surface area (Å²) in [5.74, 6) is -0.470. The fourth-order valence-electron chi connectivity index (χ4n) is 2.54. The molecule has 1 saturated carbocycles. The second-order valence-electron chi connectivity index (χ2n) is 4.90. The predicted molar refractivity (Wildman–Crippen MR) is 72.7 cm³/mol. The molecule has 2 unspecified atom stereocenters. The molecule has 1 aliphatic rings. The minimum absolute atomic E-state index is 0.0202. The van der Waals surface area contributed by atoms with E-state index in [4.69, 9.17) is 0 Å². The molecule has 1 aliphatic carbocycles. The first-order chi connectivity index (χ1) is 8.65. The maximum Gasteiger partial charge on any atom is 0.143 e. The molecule has 0 amide bonds. The van der Waals surface area contributed by atoms with Crippen LogP contribution < -0.4 is 5.32 Å². The Hall–Kier alpha value is -0.480. The van der Waals surface area contributed by atoms with Gasteiger partial charge in [0.1, 0.15) is 11.6 Å². The Morgan fingerprint density at radius 1 is 1.33 bits per heavy atom. The van der Waals surface area contributed by atoms with E-state index in [0.29, 0.717) is 10.4 Å². The maximum absolute atomic E-state index is 14.0. The summed E-state index contributed by atoms with van der Waals surface area (Å²) >= 11 is 3.13. The summed E-state index contributed by atoms with van der Waals surface area (Å²) in [5.41, 5.74) is 0.263. The first kappa shape index (κ1) is 13.9. The third-order valence-electron chi connectivity index (χ3n) is 3.70. The molecule has 2 atom stereocenters. The van der Waals surface area contributed by atoms with Crippen molar-refractivity contribution in [2.24, 2.45) is 5.92 Å². The van der Waals surface area contributed by atoms with Gasteiger partial charge in [-0.1, -0.05) is 6.92 Å². The molecule has 0 heterocycles. The lowest BCUT2D eigenvalue weighted by Gasteiger charge is -2.37. The van der Waals surface area contributed by atoms with Crippen molar-refractivity contribution in [3.8, 4) is 0 Å². The Labute approximate surface area is 115 Å². The van der Waals surface area contributed by atoms with Crippen molar-refractivity contribution in [1.82, 2.24) is 5.32 Å². The highest BCUT2D eigenvalue weighted by Crippen LogP contribution is 2.45. The van der Waals surface area contributed by atoms with Crippen molar-refractivity contribution in [2.75, 3.05) is 13.1 Å². The van der Waals surface area contributed by atoms with Crippen LogP contribution in [0.25, 0.3) is 0 Å². The first-order valence-electron chi connectivity index (χ1n) is 6.49. The van der Waals surface area contributed by atoms with Gasteiger partial charge in [-0.05, 0) is 72.3 Å². The number of halogens is 3. The van der Waals surface area contributed by atoms with Crippen LogP contribution in [0.15, 0.2) is 16.6 Å². The van der Waals surface area contributed by atoms with E-state index in [9.17, 15) is 8.78 Å². The molecule has 1 fully saturated rings. The second-order valence-corrected chi connectivity index (χ2v) is 5.76. The lowest BCUT2D eigenvalue weighted by atomic mass is 9.69. The van der Waals surface area contributed by atoms with E-state index < -0.39 is 11.6 Å². The van der Waals surface area contributed by atoms with Gasteiger partial charge in [-0.2, -0.15) is 0 Å². The fourth-order valence-corrected chi connectivity index (χ4v) is 2.89. The van der Waals surface area contributed by atoms with Crippen molar-refractivity contribution in [3.05, 3.63) is 33.8 Å². The van der Waals surface area contributed by atoms with Gasteiger partial charge < -0.3 is 5.32 Å². The van der Waals surface area contributed by atoms with Gasteiger partial charge in [0.15, 0.2) is 0 Å². The molecular weight excluding hydrogens is 300 g/mol. The normalized spacial score (nSPS) is 22.9. The van der Waals surface area contributed by atoms with Crippen LogP contribution in [0.4, 0.5) is 8.78 Å². The first-order valence-corrected chi connectivity index (χ1v) is 7.28. The second kappa shape index (κ2) is 6.11. The van der Waals surface area contributed by atoms with Crippen LogP contribution in [-0.4, -0.2) is 13.1 Å².